The maximum absolute atomic E-state index is 6.31. The van der Waals surface area contributed by atoms with Crippen molar-refractivity contribution >= 4 is 46.2 Å². The molecule has 1 heterocycles. The normalized spacial score (nSPS) is 17.0. The average molecular weight is 411 g/mol. The molecule has 0 saturated carbocycles. The summed E-state index contributed by atoms with van der Waals surface area (Å²) >= 11 is 18.0. The smallest absolute Gasteiger partial charge is 0.177 e. The lowest BCUT2D eigenvalue weighted by Crippen LogP contribution is -3.13. The van der Waals surface area contributed by atoms with E-state index in [9.17, 15) is 0 Å². The molecule has 1 saturated heterocycles. The molecule has 2 aromatic rings. The van der Waals surface area contributed by atoms with Gasteiger partial charge in [-0.3, -0.25) is 0 Å². The van der Waals surface area contributed by atoms with Gasteiger partial charge in [0.1, 0.15) is 12.3 Å². The number of methoxy groups -OCH3 is 1. The van der Waals surface area contributed by atoms with E-state index in [2.05, 4.69) is 16.3 Å². The predicted molar refractivity (Wildman–Crippen MR) is 111 cm³/mol. The van der Waals surface area contributed by atoms with Crippen LogP contribution in [0.5, 0.6) is 5.75 Å². The third kappa shape index (κ3) is 4.80. The summed E-state index contributed by atoms with van der Waals surface area (Å²) in [6.45, 7) is 3.78. The molecule has 2 aromatic carbocycles. The highest BCUT2D eigenvalue weighted by Crippen LogP contribution is 2.28. The van der Waals surface area contributed by atoms with Gasteiger partial charge in [0, 0.05) is 34.6 Å². The van der Waals surface area contributed by atoms with Gasteiger partial charge in [-0.25, -0.2) is 0 Å². The number of benzene rings is 2. The zero-order valence-electron chi connectivity index (χ0n) is 14.6. The Bertz CT molecular complexity index is 787. The minimum Gasteiger partial charge on any atom is -0.495 e. The minimum absolute atomic E-state index is 0.631. The molecular weight excluding hydrogens is 389 g/mol. The minimum atomic E-state index is 0.631. The number of halogens is 2. The monoisotopic (exact) mass is 410 g/mol. The summed E-state index contributed by atoms with van der Waals surface area (Å²) in [5.74, 6) is 0.678. The molecule has 0 spiro atoms. The van der Waals surface area contributed by atoms with Crippen LogP contribution in [0.25, 0.3) is 0 Å². The Labute approximate surface area is 169 Å². The molecule has 1 aliphatic rings. The van der Waals surface area contributed by atoms with Gasteiger partial charge in [0.15, 0.2) is 11.8 Å². The third-order valence-corrected chi connectivity index (χ3v) is 5.43. The number of nitrogens with one attached hydrogen (secondary N) is 2. The summed E-state index contributed by atoms with van der Waals surface area (Å²) in [4.78, 5) is 3.63. The first-order valence-corrected chi connectivity index (χ1v) is 9.69. The fraction of sp³-hybridized carbons (Fsp3) is 0.316. The first kappa shape index (κ1) is 19.2. The van der Waals surface area contributed by atoms with Crippen LogP contribution in [0.1, 0.15) is 12.0 Å². The second kappa shape index (κ2) is 8.91. The van der Waals surface area contributed by atoms with Crippen LogP contribution in [0.15, 0.2) is 42.5 Å². The maximum atomic E-state index is 6.31. The number of quaternary nitrogens is 1. The molecule has 0 bridgehead atoms. The maximum Gasteiger partial charge on any atom is 0.177 e. The van der Waals surface area contributed by atoms with Gasteiger partial charge in [-0.05, 0) is 30.4 Å². The molecule has 0 radical (unpaired) electrons. The highest BCUT2D eigenvalue weighted by atomic mass is 35.5. The summed E-state index contributed by atoms with van der Waals surface area (Å²) in [5.41, 5.74) is 1.99. The molecule has 3 rings (SSSR count). The largest absolute Gasteiger partial charge is 0.495 e. The van der Waals surface area contributed by atoms with Crippen molar-refractivity contribution in [3.05, 3.63) is 58.1 Å². The second-order valence-electron chi connectivity index (χ2n) is 6.32. The van der Waals surface area contributed by atoms with E-state index in [-0.39, 0.29) is 0 Å². The van der Waals surface area contributed by atoms with E-state index in [4.69, 9.17) is 40.2 Å². The van der Waals surface area contributed by atoms with Crippen LogP contribution < -0.4 is 15.0 Å². The molecule has 4 nitrogen and oxygen atoms in total. The van der Waals surface area contributed by atoms with Crippen LogP contribution in [0, 0.1) is 0 Å². The zero-order valence-corrected chi connectivity index (χ0v) is 16.9. The lowest BCUT2D eigenvalue weighted by atomic mass is 10.2. The summed E-state index contributed by atoms with van der Waals surface area (Å²) in [6, 6.07) is 13.5. The van der Waals surface area contributed by atoms with Crippen molar-refractivity contribution in [2.75, 3.05) is 32.2 Å². The zero-order chi connectivity index (χ0) is 18.5. The topological polar surface area (TPSA) is 28.9 Å². The molecular formula is C19H22Cl2N3OS+. The quantitative estimate of drug-likeness (QED) is 0.755. The van der Waals surface area contributed by atoms with E-state index in [0.717, 1.165) is 43.4 Å². The van der Waals surface area contributed by atoms with Crippen molar-refractivity contribution in [2.24, 2.45) is 0 Å². The van der Waals surface area contributed by atoms with E-state index < -0.39 is 0 Å². The fourth-order valence-electron chi connectivity index (χ4n) is 3.14. The predicted octanol–water partition coefficient (Wildman–Crippen LogP) is 3.45. The van der Waals surface area contributed by atoms with Crippen molar-refractivity contribution in [1.82, 2.24) is 4.90 Å². The molecule has 1 aliphatic heterocycles. The summed E-state index contributed by atoms with van der Waals surface area (Å²) in [6.07, 6.45) is 1.08. The SMILES string of the molecule is COc1cc(Cl)ccc1NC(=S)N1CCC[NH+](Cc2ccccc2Cl)C1. The van der Waals surface area contributed by atoms with Crippen LogP contribution in [0.2, 0.25) is 10.0 Å². The Morgan fingerprint density at radius 3 is 2.85 bits per heavy atom. The first-order valence-electron chi connectivity index (χ1n) is 8.53. The number of thiocarbonyl (C=S) groups is 1. The number of ether oxygens (including phenoxy) is 1. The molecule has 1 atom stereocenters. The summed E-state index contributed by atoms with van der Waals surface area (Å²) in [5, 5.41) is 5.44. The molecule has 1 fully saturated rings. The van der Waals surface area contributed by atoms with Gasteiger partial charge >= 0.3 is 0 Å². The van der Waals surface area contributed by atoms with Gasteiger partial charge in [0.25, 0.3) is 0 Å². The van der Waals surface area contributed by atoms with Gasteiger partial charge in [-0.2, -0.15) is 0 Å². The van der Waals surface area contributed by atoms with Crippen molar-refractivity contribution < 1.29 is 9.64 Å². The van der Waals surface area contributed by atoms with E-state index in [1.165, 1.54) is 10.5 Å². The molecule has 2 N–H and O–H groups in total. The Morgan fingerprint density at radius 1 is 1.27 bits per heavy atom. The van der Waals surface area contributed by atoms with Crippen molar-refractivity contribution in [3.63, 3.8) is 0 Å². The number of nitrogens with zero attached hydrogens (tertiary/aromatic N) is 1. The highest BCUT2D eigenvalue weighted by Gasteiger charge is 2.23. The van der Waals surface area contributed by atoms with Crippen molar-refractivity contribution in [1.29, 1.82) is 0 Å². The highest BCUT2D eigenvalue weighted by molar-refractivity contribution is 7.80. The van der Waals surface area contributed by atoms with Crippen molar-refractivity contribution in [3.8, 4) is 5.75 Å². The molecule has 138 valence electrons. The van der Waals surface area contributed by atoms with Crippen LogP contribution in [-0.2, 0) is 6.54 Å². The van der Waals surface area contributed by atoms with Crippen molar-refractivity contribution in [2.45, 2.75) is 13.0 Å². The molecule has 1 unspecified atom stereocenters. The fourth-order valence-corrected chi connectivity index (χ4v) is 3.77. The first-order chi connectivity index (χ1) is 12.6. The Balaban J connectivity index is 1.64. The Kier molecular flexibility index (Phi) is 6.59. The summed E-state index contributed by atoms with van der Waals surface area (Å²) < 4.78 is 5.38. The molecule has 7 heteroatoms. The van der Waals surface area contributed by atoms with Gasteiger partial charge in [-0.15, -0.1) is 0 Å². The number of hydrogen-bond donors (Lipinski definition) is 2. The number of anilines is 1. The van der Waals surface area contributed by atoms with Crippen LogP contribution in [0.3, 0.4) is 0 Å². The molecule has 26 heavy (non-hydrogen) atoms. The molecule has 0 aromatic heterocycles. The van der Waals surface area contributed by atoms with Gasteiger partial charge in [0.2, 0.25) is 0 Å². The number of rotatable bonds is 4. The Hall–Kier alpha value is -1.53. The lowest BCUT2D eigenvalue weighted by molar-refractivity contribution is -0.927. The van der Waals surface area contributed by atoms with E-state index >= 15 is 0 Å². The molecule has 0 amide bonds. The van der Waals surface area contributed by atoms with Gasteiger partial charge < -0.3 is 19.9 Å². The van der Waals surface area contributed by atoms with Gasteiger partial charge in [-0.1, -0.05) is 41.4 Å². The van der Waals surface area contributed by atoms with Crippen LogP contribution >= 0.6 is 35.4 Å². The second-order valence-corrected chi connectivity index (χ2v) is 7.55. The summed E-state index contributed by atoms with van der Waals surface area (Å²) in [7, 11) is 1.62. The number of hydrogen-bond acceptors (Lipinski definition) is 2. The average Bonchev–Trinajstić information content (AvgIpc) is 2.65. The third-order valence-electron chi connectivity index (χ3n) is 4.46. The van der Waals surface area contributed by atoms with E-state index in [0.29, 0.717) is 15.9 Å². The van der Waals surface area contributed by atoms with Crippen LogP contribution in [0.4, 0.5) is 5.69 Å². The van der Waals surface area contributed by atoms with Crippen LogP contribution in [-0.4, -0.2) is 36.9 Å². The standard InChI is InChI=1S/C19H21Cl2N3OS/c1-25-18-11-15(20)7-8-17(18)22-19(26)24-10-4-9-23(13-24)12-14-5-2-3-6-16(14)21/h2-3,5-8,11H,4,9-10,12-13H2,1H3,(H,22,26)/p+1. The van der Waals surface area contributed by atoms with Gasteiger partial charge in [0.05, 0.1) is 19.3 Å². The Morgan fingerprint density at radius 2 is 2.08 bits per heavy atom. The molecule has 0 aliphatic carbocycles. The van der Waals surface area contributed by atoms with E-state index in [1.54, 1.807) is 13.2 Å². The lowest BCUT2D eigenvalue weighted by Gasteiger charge is -2.34. The van der Waals surface area contributed by atoms with E-state index in [1.807, 2.05) is 30.3 Å².